The Morgan fingerprint density at radius 1 is 0.980 bits per heavy atom. The third-order valence-corrected chi connectivity index (χ3v) is 9.05. The first-order valence-electron chi connectivity index (χ1n) is 16.8. The van der Waals surface area contributed by atoms with Crippen LogP contribution in [0.25, 0.3) is 11.3 Å². The third kappa shape index (κ3) is 7.27. The summed E-state index contributed by atoms with van der Waals surface area (Å²) in [5, 5.41) is 27.0. The fraction of sp³-hybridized carbons (Fsp3) is 0.378. The van der Waals surface area contributed by atoms with Gasteiger partial charge in [-0.1, -0.05) is 62.7 Å². The minimum Gasteiger partial charge on any atom is -0.484 e. The van der Waals surface area contributed by atoms with Crippen LogP contribution in [0.3, 0.4) is 0 Å². The van der Waals surface area contributed by atoms with E-state index in [4.69, 9.17) is 24.5 Å². The average Bonchev–Trinajstić information content (AvgIpc) is 3.74. The molecule has 3 aromatic heterocycles. The Kier molecular flexibility index (Phi) is 10.0. The molecule has 2 amide bonds. The van der Waals surface area contributed by atoms with Crippen molar-refractivity contribution in [3.63, 3.8) is 0 Å². The summed E-state index contributed by atoms with van der Waals surface area (Å²) in [5.74, 6) is 2.22. The highest BCUT2D eigenvalue weighted by atomic mass is 16.5. The van der Waals surface area contributed by atoms with E-state index in [0.717, 1.165) is 77.0 Å². The fourth-order valence-corrected chi connectivity index (χ4v) is 6.40. The summed E-state index contributed by atoms with van der Waals surface area (Å²) in [5.41, 5.74) is 6.63. The number of carboxylic acid groups (broad SMARTS) is 1. The number of hydrogen-bond acceptors (Lipinski definition) is 8. The van der Waals surface area contributed by atoms with Crippen LogP contribution >= 0.6 is 0 Å². The molecule has 1 aliphatic carbocycles. The van der Waals surface area contributed by atoms with Crippen LogP contribution in [0.5, 0.6) is 5.75 Å². The number of urea groups is 1. The van der Waals surface area contributed by atoms with Gasteiger partial charge in [0.25, 0.3) is 6.47 Å². The van der Waals surface area contributed by atoms with E-state index in [1.165, 1.54) is 0 Å². The number of nitrogens with zero attached hydrogens (tertiary/aromatic N) is 6. The van der Waals surface area contributed by atoms with Crippen molar-refractivity contribution >= 4 is 29.9 Å². The number of anilines is 2. The molecule has 2 atom stereocenters. The van der Waals surface area contributed by atoms with E-state index >= 15 is 0 Å². The van der Waals surface area contributed by atoms with Gasteiger partial charge in [0.2, 0.25) is 5.95 Å². The van der Waals surface area contributed by atoms with Crippen molar-refractivity contribution in [2.45, 2.75) is 65.0 Å². The van der Waals surface area contributed by atoms with Gasteiger partial charge in [-0.05, 0) is 62.1 Å². The van der Waals surface area contributed by atoms with Crippen molar-refractivity contribution in [3.05, 3.63) is 94.8 Å². The molecule has 13 nitrogen and oxygen atoms in total. The van der Waals surface area contributed by atoms with Crippen molar-refractivity contribution in [3.8, 4) is 11.4 Å². The number of morpholine rings is 1. The van der Waals surface area contributed by atoms with Crippen molar-refractivity contribution in [2.24, 2.45) is 0 Å². The van der Waals surface area contributed by atoms with Crippen LogP contribution in [-0.2, 0) is 14.9 Å². The number of nitrogens with one attached hydrogen (secondary N) is 2. The van der Waals surface area contributed by atoms with Crippen LogP contribution in [0.4, 0.5) is 16.6 Å². The second-order valence-corrected chi connectivity index (χ2v) is 13.6. The Morgan fingerprint density at radius 2 is 1.68 bits per heavy atom. The van der Waals surface area contributed by atoms with Crippen molar-refractivity contribution in [1.82, 2.24) is 29.7 Å². The molecule has 4 heterocycles. The second kappa shape index (κ2) is 14.6. The number of hydrogen-bond donors (Lipinski definition) is 3. The van der Waals surface area contributed by atoms with Crippen LogP contribution in [0, 0.1) is 13.8 Å². The van der Waals surface area contributed by atoms with Crippen LogP contribution in [0.15, 0.2) is 66.7 Å². The lowest BCUT2D eigenvalue weighted by Crippen LogP contribution is -2.37. The van der Waals surface area contributed by atoms with E-state index in [9.17, 15) is 4.79 Å². The average molecular weight is 681 g/mol. The smallest absolute Gasteiger partial charge is 0.320 e. The molecule has 3 N–H and O–H groups in total. The van der Waals surface area contributed by atoms with Gasteiger partial charge in [-0.25, -0.2) is 9.48 Å². The molecule has 50 heavy (non-hydrogen) atoms. The van der Waals surface area contributed by atoms with E-state index in [1.807, 2.05) is 61.5 Å². The van der Waals surface area contributed by atoms with Gasteiger partial charge >= 0.3 is 6.03 Å². The fourth-order valence-electron chi connectivity index (χ4n) is 6.40. The van der Waals surface area contributed by atoms with Gasteiger partial charge in [0.15, 0.2) is 5.65 Å². The third-order valence-electron chi connectivity index (χ3n) is 9.05. The summed E-state index contributed by atoms with van der Waals surface area (Å²) in [6.07, 6.45) is 1.31. The molecule has 2 aliphatic rings. The molecule has 0 saturated carbocycles. The summed E-state index contributed by atoms with van der Waals surface area (Å²) in [6.45, 7) is 13.1. The number of fused-ring (bicyclic) bond motifs is 2. The molecule has 2 aromatic carbocycles. The molecule has 1 aliphatic heterocycles. The number of rotatable bonds is 6. The molecule has 0 unspecified atom stereocenters. The van der Waals surface area contributed by atoms with E-state index in [1.54, 1.807) is 4.68 Å². The zero-order chi connectivity index (χ0) is 35.4. The highest BCUT2D eigenvalue weighted by molar-refractivity contribution is 5.89. The number of aryl methyl sites for hydroxylation is 2. The van der Waals surface area contributed by atoms with E-state index < -0.39 is 0 Å². The highest BCUT2D eigenvalue weighted by Crippen LogP contribution is 2.40. The Morgan fingerprint density at radius 3 is 2.38 bits per heavy atom. The Bertz CT molecular complexity index is 1960. The minimum atomic E-state index is -0.276. The Hall–Kier alpha value is -5.43. The van der Waals surface area contributed by atoms with Gasteiger partial charge in [-0.15, -0.1) is 10.2 Å². The van der Waals surface area contributed by atoms with Gasteiger partial charge < -0.3 is 24.8 Å². The molecule has 1 saturated heterocycles. The quantitative estimate of drug-likeness (QED) is 0.180. The second-order valence-electron chi connectivity index (χ2n) is 13.6. The number of benzene rings is 2. The summed E-state index contributed by atoms with van der Waals surface area (Å²) < 4.78 is 16.1. The summed E-state index contributed by atoms with van der Waals surface area (Å²) in [6, 6.07) is 21.8. The Balaban J connectivity index is 0.00000139. The largest absolute Gasteiger partial charge is 0.484 e. The summed E-state index contributed by atoms with van der Waals surface area (Å²) in [4.78, 5) is 24.1. The van der Waals surface area contributed by atoms with Gasteiger partial charge in [0.1, 0.15) is 17.7 Å². The van der Waals surface area contributed by atoms with Gasteiger partial charge in [-0.2, -0.15) is 5.10 Å². The van der Waals surface area contributed by atoms with E-state index in [-0.39, 0.29) is 30.1 Å². The maximum atomic E-state index is 13.5. The van der Waals surface area contributed by atoms with Gasteiger partial charge in [0.05, 0.1) is 36.3 Å². The predicted molar refractivity (Wildman–Crippen MR) is 190 cm³/mol. The van der Waals surface area contributed by atoms with Crippen LogP contribution in [0.1, 0.15) is 73.8 Å². The van der Waals surface area contributed by atoms with Crippen LogP contribution in [0.2, 0.25) is 0 Å². The minimum absolute atomic E-state index is 0.163. The van der Waals surface area contributed by atoms with Crippen LogP contribution < -0.4 is 20.3 Å². The molecule has 5 aromatic rings. The lowest BCUT2D eigenvalue weighted by molar-refractivity contribution is -0.122. The standard InChI is InChI=1S/C36H42N8O3.CH2O2/c1-23-10-12-25(13-11-23)44-33(22-31(41-44)36(3,4)5)38-34(45)37-28-14-15-30(27-9-7-6-8-26(27)28)47-29-16-17-32-39-40-35(43(32)24(29)2)42-18-20-46-21-19-42;2-1-3/h6-13,16-17,22,28,30H,14-15,18-21H2,1-5H3,(H2,37,38,45);1H,(H,2,3)/t28-,30+;/m0./s1. The molecule has 0 radical (unpaired) electrons. The van der Waals surface area contributed by atoms with Gasteiger partial charge in [0, 0.05) is 24.6 Å². The normalized spacial score (nSPS) is 17.3. The van der Waals surface area contributed by atoms with Crippen LogP contribution in [-0.4, -0.2) is 68.3 Å². The van der Waals surface area contributed by atoms with Crippen molar-refractivity contribution in [1.29, 1.82) is 0 Å². The number of pyridine rings is 1. The Labute approximate surface area is 291 Å². The summed E-state index contributed by atoms with van der Waals surface area (Å²) >= 11 is 0. The number of aromatic nitrogens is 5. The van der Waals surface area contributed by atoms with Crippen molar-refractivity contribution in [2.75, 3.05) is 36.5 Å². The summed E-state index contributed by atoms with van der Waals surface area (Å²) in [7, 11) is 0. The maximum Gasteiger partial charge on any atom is 0.320 e. The van der Waals surface area contributed by atoms with E-state index in [0.29, 0.717) is 19.0 Å². The van der Waals surface area contributed by atoms with Gasteiger partial charge in [-0.3, -0.25) is 14.5 Å². The number of ether oxygens (including phenoxy) is 2. The molecular weight excluding hydrogens is 636 g/mol. The zero-order valence-corrected chi connectivity index (χ0v) is 29.1. The molecule has 0 spiro atoms. The first kappa shape index (κ1) is 34.4. The lowest BCUT2D eigenvalue weighted by Gasteiger charge is -2.33. The maximum absolute atomic E-state index is 13.5. The molecule has 0 bridgehead atoms. The molecule has 1 fully saturated rings. The number of amides is 2. The molecule has 7 rings (SSSR count). The highest BCUT2D eigenvalue weighted by Gasteiger charge is 2.31. The predicted octanol–water partition coefficient (Wildman–Crippen LogP) is 6.14. The number of carbonyl (C=O) groups is 2. The molecule has 262 valence electrons. The lowest BCUT2D eigenvalue weighted by atomic mass is 9.85. The monoisotopic (exact) mass is 680 g/mol. The first-order chi connectivity index (χ1) is 24.1. The topological polar surface area (TPSA) is 148 Å². The van der Waals surface area contributed by atoms with E-state index in [2.05, 4.69) is 70.0 Å². The molecular formula is C37H44N8O5. The molecule has 13 heteroatoms. The van der Waals surface area contributed by atoms with Crippen molar-refractivity contribution < 1.29 is 24.2 Å². The first-order valence-corrected chi connectivity index (χ1v) is 16.8. The zero-order valence-electron chi connectivity index (χ0n) is 29.1. The number of carbonyl (C=O) groups excluding carboxylic acids is 1. The SMILES string of the molecule is Cc1ccc(-n2nc(C(C)(C)C)cc2NC(=O)N[C@H]2CC[C@@H](Oc3ccc4nnc(N5CCOCC5)n4c3C)c3ccccc32)cc1.O=CO.